The molecule has 0 bridgehead atoms. The number of halogens is 1. The van der Waals surface area contributed by atoms with Crippen LogP contribution in [-0.4, -0.2) is 12.5 Å². The van der Waals surface area contributed by atoms with E-state index >= 15 is 0 Å². The highest BCUT2D eigenvalue weighted by Crippen LogP contribution is 2.35. The maximum absolute atomic E-state index is 13.2. The van der Waals surface area contributed by atoms with Crippen LogP contribution in [0.4, 0.5) is 5.69 Å². The second-order valence-corrected chi connectivity index (χ2v) is 13.9. The minimum Gasteiger partial charge on any atom is -1.00 e. The number of thiazole rings is 1. The Morgan fingerprint density at radius 2 is 1.51 bits per heavy atom. The van der Waals surface area contributed by atoms with Crippen molar-refractivity contribution in [3.05, 3.63) is 75.7 Å². The lowest BCUT2D eigenvalue weighted by atomic mass is 9.84. The van der Waals surface area contributed by atoms with Crippen LogP contribution in [-0.2, 0) is 23.2 Å². The second kappa shape index (κ2) is 20.0. The number of para-hydroxylation sites is 1. The van der Waals surface area contributed by atoms with Crippen LogP contribution in [0.1, 0.15) is 126 Å². The van der Waals surface area contributed by atoms with Gasteiger partial charge in [-0.3, -0.25) is 4.79 Å². The number of aryl methyl sites for hydroxylation is 1. The summed E-state index contributed by atoms with van der Waals surface area (Å²) in [5.41, 5.74) is 4.05. The number of anilines is 1. The molecule has 1 aromatic heterocycles. The predicted octanol–water partition coefficient (Wildman–Crippen LogP) is 6.95. The van der Waals surface area contributed by atoms with Crippen LogP contribution in [0.3, 0.4) is 0 Å². The second-order valence-electron chi connectivity index (χ2n) is 12.8. The summed E-state index contributed by atoms with van der Waals surface area (Å²) < 4.78 is 8.67. The van der Waals surface area contributed by atoms with Gasteiger partial charge in [0.2, 0.25) is 10.9 Å². The molecule has 43 heavy (non-hydrogen) atoms. The number of amides is 1. The Bertz CT molecular complexity index is 1220. The average Bonchev–Trinajstić information content (AvgIpc) is 3.35. The van der Waals surface area contributed by atoms with E-state index in [1.165, 1.54) is 81.2 Å². The van der Waals surface area contributed by atoms with E-state index in [1.807, 2.05) is 18.2 Å². The van der Waals surface area contributed by atoms with Gasteiger partial charge in [0.05, 0.1) is 18.4 Å². The molecular weight excluding hydrogens is 616 g/mol. The van der Waals surface area contributed by atoms with Crippen LogP contribution in [0.15, 0.2) is 54.0 Å². The Morgan fingerprint density at radius 3 is 2.12 bits per heavy atom. The van der Waals surface area contributed by atoms with Gasteiger partial charge in [0.1, 0.15) is 5.75 Å². The first-order valence-corrected chi connectivity index (χ1v) is 17.2. The molecule has 4 nitrogen and oxygen atoms in total. The number of rotatable bonds is 19. The molecule has 2 aromatic carbocycles. The van der Waals surface area contributed by atoms with Gasteiger partial charge in [-0.1, -0.05) is 140 Å². The van der Waals surface area contributed by atoms with E-state index in [1.54, 1.807) is 11.3 Å². The van der Waals surface area contributed by atoms with E-state index in [0.29, 0.717) is 13.0 Å². The standard InChI is InChI=1S/C37H54N2O2S.BrH/c1-6-7-8-9-10-11-12-13-14-15-16-17-25-41-36-32(21-19-23-34(36)37(3,4)5)28-35(40)38-33-22-18-20-31(27-33)29-39-24-26-42-30(39)2;/h18-24,26-27H,6-17,25,28-29H2,1-5H3;1H. The number of carbonyl (C=O) groups excluding carboxylic acids is 1. The largest absolute Gasteiger partial charge is 1.00 e. The molecule has 0 aliphatic rings. The lowest BCUT2D eigenvalue weighted by Crippen LogP contribution is -3.00. The molecule has 1 heterocycles. The fourth-order valence-electron chi connectivity index (χ4n) is 5.46. The monoisotopic (exact) mass is 670 g/mol. The molecule has 0 aliphatic heterocycles. The molecule has 0 saturated carbocycles. The normalized spacial score (nSPS) is 11.3. The molecular formula is C37H55BrN2O2S. The van der Waals surface area contributed by atoms with Crippen molar-refractivity contribution in [2.75, 3.05) is 11.9 Å². The van der Waals surface area contributed by atoms with Crippen molar-refractivity contribution in [3.63, 3.8) is 0 Å². The van der Waals surface area contributed by atoms with Crippen LogP contribution < -0.4 is 31.6 Å². The number of unbranched alkanes of at least 4 members (excludes halogenated alkanes) is 11. The summed E-state index contributed by atoms with van der Waals surface area (Å²) in [6.45, 7) is 12.5. The van der Waals surface area contributed by atoms with Crippen molar-refractivity contribution < 1.29 is 31.1 Å². The summed E-state index contributed by atoms with van der Waals surface area (Å²) in [6.07, 6.45) is 18.3. The van der Waals surface area contributed by atoms with Crippen molar-refractivity contribution in [1.29, 1.82) is 0 Å². The molecule has 238 valence electrons. The number of aromatic nitrogens is 1. The zero-order valence-corrected chi connectivity index (χ0v) is 29.8. The number of hydrogen-bond acceptors (Lipinski definition) is 3. The van der Waals surface area contributed by atoms with E-state index < -0.39 is 0 Å². The van der Waals surface area contributed by atoms with Crippen molar-refractivity contribution in [2.24, 2.45) is 0 Å². The van der Waals surface area contributed by atoms with Crippen LogP contribution in [0.2, 0.25) is 0 Å². The van der Waals surface area contributed by atoms with Crippen LogP contribution in [0.5, 0.6) is 5.75 Å². The van der Waals surface area contributed by atoms with Crippen LogP contribution >= 0.6 is 11.3 Å². The van der Waals surface area contributed by atoms with Gasteiger partial charge < -0.3 is 27.0 Å². The predicted molar refractivity (Wildman–Crippen MR) is 179 cm³/mol. The smallest absolute Gasteiger partial charge is 0.234 e. The SMILES string of the molecule is CCCCCCCCCCCCCCOc1c(CC(=O)Nc2cccc(C[n+]3ccsc3C)c2)cccc1C(C)(C)C.[Br-]. The first-order valence-electron chi connectivity index (χ1n) is 16.4. The summed E-state index contributed by atoms with van der Waals surface area (Å²) in [7, 11) is 0. The molecule has 1 amide bonds. The number of hydrogen-bond donors (Lipinski definition) is 1. The Morgan fingerprint density at radius 1 is 0.884 bits per heavy atom. The Labute approximate surface area is 276 Å². The zero-order chi connectivity index (χ0) is 30.2. The molecule has 0 atom stereocenters. The van der Waals surface area contributed by atoms with Crippen molar-refractivity contribution in [3.8, 4) is 5.75 Å². The van der Waals surface area contributed by atoms with Gasteiger partial charge in [0.15, 0.2) is 12.7 Å². The van der Waals surface area contributed by atoms with E-state index in [0.717, 1.165) is 35.5 Å². The molecule has 0 aliphatic carbocycles. The van der Waals surface area contributed by atoms with Crippen molar-refractivity contribution >= 4 is 22.9 Å². The van der Waals surface area contributed by atoms with Crippen LogP contribution in [0.25, 0.3) is 0 Å². The van der Waals surface area contributed by atoms with E-state index in [2.05, 4.69) is 80.3 Å². The summed E-state index contributed by atoms with van der Waals surface area (Å²) >= 11 is 1.74. The van der Waals surface area contributed by atoms with E-state index in [4.69, 9.17) is 4.74 Å². The minimum atomic E-state index is -0.0653. The van der Waals surface area contributed by atoms with Gasteiger partial charge in [-0.2, -0.15) is 4.57 Å². The van der Waals surface area contributed by atoms with Gasteiger partial charge in [-0.05, 0) is 29.5 Å². The first kappa shape index (κ1) is 37.0. The fraction of sp³-hybridized carbons (Fsp3) is 0.568. The molecule has 0 radical (unpaired) electrons. The first-order chi connectivity index (χ1) is 20.3. The fourth-order valence-corrected chi connectivity index (χ4v) is 6.13. The highest BCUT2D eigenvalue weighted by Gasteiger charge is 2.22. The molecule has 0 fully saturated rings. The third-order valence-electron chi connectivity index (χ3n) is 7.95. The van der Waals surface area contributed by atoms with Gasteiger partial charge in [0, 0.05) is 23.7 Å². The highest BCUT2D eigenvalue weighted by atomic mass is 79.9. The quantitative estimate of drug-likeness (QED) is 0.111. The Hall–Kier alpha value is -2.18. The third-order valence-corrected chi connectivity index (χ3v) is 8.78. The average molecular weight is 672 g/mol. The lowest BCUT2D eigenvalue weighted by molar-refractivity contribution is -0.689. The topological polar surface area (TPSA) is 42.2 Å². The van der Waals surface area contributed by atoms with Crippen molar-refractivity contribution in [2.45, 2.75) is 130 Å². The summed E-state index contributed by atoms with van der Waals surface area (Å²) in [4.78, 5) is 13.2. The van der Waals surface area contributed by atoms with Gasteiger partial charge in [-0.25, -0.2) is 0 Å². The van der Waals surface area contributed by atoms with E-state index in [9.17, 15) is 4.79 Å². The number of nitrogens with one attached hydrogen (secondary N) is 1. The Balaban J connectivity index is 0.00000645. The van der Waals surface area contributed by atoms with Crippen molar-refractivity contribution in [1.82, 2.24) is 0 Å². The number of benzene rings is 2. The maximum atomic E-state index is 13.2. The summed E-state index contributed by atoms with van der Waals surface area (Å²) in [5, 5.41) is 6.49. The van der Waals surface area contributed by atoms with E-state index in [-0.39, 0.29) is 28.3 Å². The number of ether oxygens (including phenoxy) is 1. The Kier molecular flexibility index (Phi) is 17.2. The lowest BCUT2D eigenvalue weighted by Gasteiger charge is -2.25. The van der Waals surface area contributed by atoms with Crippen LogP contribution in [0, 0.1) is 6.92 Å². The third kappa shape index (κ3) is 13.6. The molecule has 3 rings (SSSR count). The van der Waals surface area contributed by atoms with Gasteiger partial charge in [0.25, 0.3) is 0 Å². The molecule has 3 aromatic rings. The minimum absolute atomic E-state index is 0. The highest BCUT2D eigenvalue weighted by molar-refractivity contribution is 7.09. The summed E-state index contributed by atoms with van der Waals surface area (Å²) in [5.74, 6) is 0.870. The molecule has 0 spiro atoms. The number of carbonyl (C=O) groups is 1. The van der Waals surface area contributed by atoms with Gasteiger partial charge in [-0.15, -0.1) is 0 Å². The molecule has 0 saturated heterocycles. The molecule has 6 heteroatoms. The number of nitrogens with zero attached hydrogens (tertiary/aromatic N) is 1. The van der Waals surface area contributed by atoms with Gasteiger partial charge >= 0.3 is 0 Å². The molecule has 1 N–H and O–H groups in total. The maximum Gasteiger partial charge on any atom is 0.234 e. The zero-order valence-electron chi connectivity index (χ0n) is 27.4. The summed E-state index contributed by atoms with van der Waals surface area (Å²) in [6, 6.07) is 14.4. The molecule has 0 unspecified atom stereocenters.